The number of ether oxygens (including phenoxy) is 2. The van der Waals surface area contributed by atoms with Gasteiger partial charge in [-0.05, 0) is 83.7 Å². The number of aromatic hydroxyl groups is 1. The summed E-state index contributed by atoms with van der Waals surface area (Å²) in [6, 6.07) is 10.4. The van der Waals surface area contributed by atoms with E-state index in [0.717, 1.165) is 5.56 Å². The number of benzene rings is 2. The van der Waals surface area contributed by atoms with Gasteiger partial charge in [-0.25, -0.2) is 9.59 Å². The summed E-state index contributed by atoms with van der Waals surface area (Å²) in [5.74, 6) is -1.84. The predicted molar refractivity (Wildman–Crippen MR) is 173 cm³/mol. The Kier molecular flexibility index (Phi) is 13.1. The Bertz CT molecular complexity index is 1290. The molecule has 0 heterocycles. The Morgan fingerprint density at radius 3 is 2.05 bits per heavy atom. The molecule has 3 unspecified atom stereocenters. The summed E-state index contributed by atoms with van der Waals surface area (Å²) in [4.78, 5) is 55.6. The maximum absolute atomic E-state index is 14.2. The molecule has 0 bridgehead atoms. The molecule has 0 aliphatic rings. The summed E-state index contributed by atoms with van der Waals surface area (Å²) in [5, 5.41) is 15.6. The second kappa shape index (κ2) is 15.8. The molecule has 242 valence electrons. The number of rotatable bonds is 12. The standard InChI is InChI=1S/C33H47N3O7S/c1-9-17-36(29(39)25(20-44)35-31(41)43-33(6,7)8)27(23-15-16-26(37)21(2)18-23)28(38)34-24(30(40)42-32(3,4)5)19-22-13-11-10-12-14-22/h10-16,18,24-25,27,37,44H,9,17,19-20H2,1-8H3,(H,34,38)(H,35,41). The topological polar surface area (TPSA) is 134 Å². The Balaban J connectivity index is 2.56. The summed E-state index contributed by atoms with van der Waals surface area (Å²) in [7, 11) is 0. The summed E-state index contributed by atoms with van der Waals surface area (Å²) >= 11 is 4.31. The number of esters is 1. The van der Waals surface area contributed by atoms with Gasteiger partial charge in [0.25, 0.3) is 0 Å². The van der Waals surface area contributed by atoms with Gasteiger partial charge >= 0.3 is 12.1 Å². The zero-order valence-electron chi connectivity index (χ0n) is 27.0. The molecule has 2 rings (SSSR count). The first-order chi connectivity index (χ1) is 20.5. The minimum atomic E-state index is -1.22. The van der Waals surface area contributed by atoms with Crippen LogP contribution in [0.4, 0.5) is 4.79 Å². The second-order valence-electron chi connectivity index (χ2n) is 12.6. The number of phenolic OH excluding ortho intramolecular Hbond substituents is 1. The molecule has 11 heteroatoms. The van der Waals surface area contributed by atoms with Gasteiger partial charge in [0.2, 0.25) is 11.8 Å². The van der Waals surface area contributed by atoms with Gasteiger partial charge in [-0.15, -0.1) is 0 Å². The molecule has 0 aliphatic heterocycles. The molecule has 0 spiro atoms. The van der Waals surface area contributed by atoms with Gasteiger partial charge in [-0.1, -0.05) is 43.3 Å². The van der Waals surface area contributed by atoms with E-state index in [1.807, 2.05) is 37.3 Å². The number of hydrogen-bond donors (Lipinski definition) is 4. The lowest BCUT2D eigenvalue weighted by molar-refractivity contribution is -0.159. The van der Waals surface area contributed by atoms with Crippen LogP contribution in [0.1, 0.15) is 77.6 Å². The number of amides is 3. The lowest BCUT2D eigenvalue weighted by atomic mass is 9.99. The van der Waals surface area contributed by atoms with Crippen LogP contribution in [0, 0.1) is 6.92 Å². The van der Waals surface area contributed by atoms with Crippen molar-refractivity contribution in [2.75, 3.05) is 12.3 Å². The second-order valence-corrected chi connectivity index (χ2v) is 13.0. The van der Waals surface area contributed by atoms with Gasteiger partial charge in [-0.2, -0.15) is 12.6 Å². The van der Waals surface area contributed by atoms with Crippen LogP contribution in [-0.2, 0) is 30.3 Å². The van der Waals surface area contributed by atoms with Gasteiger partial charge in [0.1, 0.15) is 35.1 Å². The van der Waals surface area contributed by atoms with Crippen LogP contribution in [0.5, 0.6) is 5.75 Å². The summed E-state index contributed by atoms with van der Waals surface area (Å²) < 4.78 is 11.0. The number of carbonyl (C=O) groups is 4. The van der Waals surface area contributed by atoms with Crippen molar-refractivity contribution in [3.05, 3.63) is 65.2 Å². The normalized spacial score (nSPS) is 13.7. The van der Waals surface area contributed by atoms with Crippen LogP contribution >= 0.6 is 12.6 Å². The number of hydrogen-bond acceptors (Lipinski definition) is 8. The van der Waals surface area contributed by atoms with Gasteiger partial charge in [0.05, 0.1) is 0 Å². The molecule has 0 fully saturated rings. The van der Waals surface area contributed by atoms with E-state index in [1.165, 1.54) is 11.0 Å². The molecule has 0 radical (unpaired) electrons. The van der Waals surface area contributed by atoms with Crippen LogP contribution in [0.25, 0.3) is 0 Å². The Morgan fingerprint density at radius 2 is 1.52 bits per heavy atom. The minimum absolute atomic E-state index is 0.0248. The summed E-state index contributed by atoms with van der Waals surface area (Å²) in [6.07, 6.45) is -0.155. The van der Waals surface area contributed by atoms with Crippen molar-refractivity contribution in [2.45, 2.75) is 97.6 Å². The summed E-state index contributed by atoms with van der Waals surface area (Å²) in [5.41, 5.74) is 0.117. The largest absolute Gasteiger partial charge is 0.508 e. The van der Waals surface area contributed by atoms with Crippen LogP contribution in [-0.4, -0.2) is 69.5 Å². The van der Waals surface area contributed by atoms with Gasteiger partial charge in [-0.3, -0.25) is 9.59 Å². The van der Waals surface area contributed by atoms with Crippen LogP contribution in [0.15, 0.2) is 48.5 Å². The van der Waals surface area contributed by atoms with Crippen molar-refractivity contribution in [3.8, 4) is 5.75 Å². The zero-order valence-corrected chi connectivity index (χ0v) is 27.9. The molecule has 3 N–H and O–H groups in total. The molecule has 10 nitrogen and oxygen atoms in total. The number of nitrogens with one attached hydrogen (secondary N) is 2. The molecule has 0 aromatic heterocycles. The smallest absolute Gasteiger partial charge is 0.408 e. The molecule has 0 aliphatic carbocycles. The highest BCUT2D eigenvalue weighted by atomic mass is 32.1. The third kappa shape index (κ3) is 11.4. The average molecular weight is 630 g/mol. The molecule has 3 amide bonds. The molecular weight excluding hydrogens is 582 g/mol. The third-order valence-corrected chi connectivity index (χ3v) is 6.67. The molecule has 3 atom stereocenters. The Hall–Kier alpha value is -3.73. The van der Waals surface area contributed by atoms with Crippen LogP contribution in [0.2, 0.25) is 0 Å². The van der Waals surface area contributed by atoms with E-state index in [2.05, 4.69) is 23.3 Å². The van der Waals surface area contributed by atoms with Gasteiger partial charge in [0, 0.05) is 18.7 Å². The molecule has 2 aromatic carbocycles. The SMILES string of the molecule is CCCN(C(=O)C(CS)NC(=O)OC(C)(C)C)C(C(=O)NC(Cc1ccccc1)C(=O)OC(C)(C)C)c1ccc(O)c(C)c1. The number of thiol groups is 1. The van der Waals surface area contributed by atoms with Crippen molar-refractivity contribution in [1.29, 1.82) is 0 Å². The lowest BCUT2D eigenvalue weighted by Gasteiger charge is -2.35. The van der Waals surface area contributed by atoms with Gasteiger partial charge < -0.3 is 30.1 Å². The van der Waals surface area contributed by atoms with E-state index < -0.39 is 53.2 Å². The summed E-state index contributed by atoms with van der Waals surface area (Å²) in [6.45, 7) is 14.0. The van der Waals surface area contributed by atoms with E-state index in [4.69, 9.17) is 9.47 Å². The first-order valence-corrected chi connectivity index (χ1v) is 15.4. The molecule has 2 aromatic rings. The number of nitrogens with zero attached hydrogens (tertiary/aromatic N) is 1. The van der Waals surface area contributed by atoms with Crippen molar-refractivity contribution in [3.63, 3.8) is 0 Å². The maximum atomic E-state index is 14.2. The first kappa shape index (κ1) is 36.5. The number of aryl methyl sites for hydroxylation is 1. The monoisotopic (exact) mass is 629 g/mol. The van der Waals surface area contributed by atoms with E-state index >= 15 is 0 Å². The highest BCUT2D eigenvalue weighted by molar-refractivity contribution is 7.80. The first-order valence-electron chi connectivity index (χ1n) is 14.7. The predicted octanol–water partition coefficient (Wildman–Crippen LogP) is 4.87. The molecule has 0 saturated heterocycles. The third-order valence-electron chi connectivity index (χ3n) is 6.31. The fraction of sp³-hybridized carbons (Fsp3) is 0.515. The quantitative estimate of drug-likeness (QED) is 0.194. The molecule has 44 heavy (non-hydrogen) atoms. The molecular formula is C33H47N3O7S. The van der Waals surface area contributed by atoms with Crippen molar-refractivity contribution >= 4 is 36.5 Å². The van der Waals surface area contributed by atoms with E-state index in [-0.39, 0.29) is 24.5 Å². The number of phenols is 1. The van der Waals surface area contributed by atoms with Crippen LogP contribution < -0.4 is 10.6 Å². The van der Waals surface area contributed by atoms with Crippen molar-refractivity contribution in [1.82, 2.24) is 15.5 Å². The van der Waals surface area contributed by atoms with Gasteiger partial charge in [0.15, 0.2) is 0 Å². The number of alkyl carbamates (subject to hydrolysis) is 1. The van der Waals surface area contributed by atoms with Crippen molar-refractivity contribution < 1.29 is 33.8 Å². The fourth-order valence-corrected chi connectivity index (χ4v) is 4.68. The van der Waals surface area contributed by atoms with E-state index in [9.17, 15) is 24.3 Å². The average Bonchev–Trinajstić information content (AvgIpc) is 2.91. The number of carbonyl (C=O) groups excluding carboxylic acids is 4. The fourth-order valence-electron chi connectivity index (χ4n) is 4.43. The van der Waals surface area contributed by atoms with E-state index in [1.54, 1.807) is 60.6 Å². The van der Waals surface area contributed by atoms with E-state index in [0.29, 0.717) is 17.5 Å². The maximum Gasteiger partial charge on any atom is 0.408 e. The zero-order chi connectivity index (χ0) is 33.2. The van der Waals surface area contributed by atoms with Crippen molar-refractivity contribution in [2.24, 2.45) is 0 Å². The minimum Gasteiger partial charge on any atom is -0.508 e. The Morgan fingerprint density at radius 1 is 0.909 bits per heavy atom. The highest BCUT2D eigenvalue weighted by Crippen LogP contribution is 2.28. The van der Waals surface area contributed by atoms with Crippen LogP contribution in [0.3, 0.4) is 0 Å². The molecule has 0 saturated carbocycles. The Labute approximate surface area is 266 Å². The lowest BCUT2D eigenvalue weighted by Crippen LogP contribution is -2.55. The highest BCUT2D eigenvalue weighted by Gasteiger charge is 2.38.